The number of amides is 1. The number of rotatable bonds is 8. The second-order valence-electron chi connectivity index (χ2n) is 7.02. The van der Waals surface area contributed by atoms with Crippen molar-refractivity contribution >= 4 is 11.9 Å². The van der Waals surface area contributed by atoms with Gasteiger partial charge in [0.05, 0.1) is 18.1 Å². The monoisotopic (exact) mass is 383 g/mol. The van der Waals surface area contributed by atoms with Gasteiger partial charge in [-0.25, -0.2) is 4.79 Å². The molecule has 1 fully saturated rings. The van der Waals surface area contributed by atoms with Gasteiger partial charge in [0.25, 0.3) is 0 Å². The van der Waals surface area contributed by atoms with Crippen LogP contribution in [0.25, 0.3) is 0 Å². The van der Waals surface area contributed by atoms with E-state index in [1.165, 1.54) is 12.1 Å². The lowest BCUT2D eigenvalue weighted by Crippen LogP contribution is -2.25. The van der Waals surface area contributed by atoms with Crippen LogP contribution in [0.1, 0.15) is 39.9 Å². The molecule has 3 rings (SSSR count). The van der Waals surface area contributed by atoms with Crippen LogP contribution in [0.3, 0.4) is 0 Å². The molecule has 1 aliphatic rings. The van der Waals surface area contributed by atoms with Gasteiger partial charge < -0.3 is 19.9 Å². The number of hydrogen-bond donors (Lipinski definition) is 2. The van der Waals surface area contributed by atoms with E-state index in [-0.39, 0.29) is 24.0 Å². The molecule has 1 amide bonds. The maximum absolute atomic E-state index is 12.3. The Hall–Kier alpha value is -2.86. The molecule has 0 saturated carbocycles. The van der Waals surface area contributed by atoms with E-state index in [1.54, 1.807) is 12.1 Å². The summed E-state index contributed by atoms with van der Waals surface area (Å²) in [6.07, 6.45) is 2.32. The number of benzene rings is 2. The Labute approximate surface area is 164 Å². The van der Waals surface area contributed by atoms with Crippen molar-refractivity contribution in [3.05, 3.63) is 64.7 Å². The van der Waals surface area contributed by atoms with E-state index in [0.29, 0.717) is 18.7 Å². The molecule has 0 radical (unpaired) electrons. The Kier molecular flexibility index (Phi) is 6.66. The quantitative estimate of drug-likeness (QED) is 0.732. The van der Waals surface area contributed by atoms with Crippen LogP contribution in [0.4, 0.5) is 0 Å². The average Bonchev–Trinajstić information content (AvgIpc) is 3.19. The number of aromatic carboxylic acids is 1. The van der Waals surface area contributed by atoms with Crippen LogP contribution in [0.15, 0.2) is 42.5 Å². The first-order chi connectivity index (χ1) is 13.5. The summed E-state index contributed by atoms with van der Waals surface area (Å²) in [6, 6.07) is 12.3. The van der Waals surface area contributed by atoms with Crippen molar-refractivity contribution < 1.29 is 24.2 Å². The van der Waals surface area contributed by atoms with Gasteiger partial charge in [-0.1, -0.05) is 24.3 Å². The number of nitrogens with one attached hydrogen (secondary N) is 1. The number of carbonyl (C=O) groups excluding carboxylic acids is 1. The number of ether oxygens (including phenoxy) is 2. The fraction of sp³-hybridized carbons (Fsp3) is 0.364. The van der Waals surface area contributed by atoms with Crippen molar-refractivity contribution in [1.29, 1.82) is 0 Å². The predicted molar refractivity (Wildman–Crippen MR) is 105 cm³/mol. The topological polar surface area (TPSA) is 84.9 Å². The predicted octanol–water partition coefficient (Wildman–Crippen LogP) is 3.11. The molecule has 148 valence electrons. The van der Waals surface area contributed by atoms with Gasteiger partial charge in [-0.2, -0.15) is 0 Å². The van der Waals surface area contributed by atoms with Gasteiger partial charge in [0.1, 0.15) is 12.4 Å². The van der Waals surface area contributed by atoms with E-state index in [9.17, 15) is 9.59 Å². The van der Waals surface area contributed by atoms with E-state index in [0.717, 1.165) is 36.3 Å². The van der Waals surface area contributed by atoms with Crippen LogP contribution in [0, 0.1) is 6.92 Å². The van der Waals surface area contributed by atoms with E-state index >= 15 is 0 Å². The SMILES string of the molecule is Cc1ccc(CNC(=O)Cc2cccc(C(=O)O)c2)c(OCC2CCCO2)c1. The lowest BCUT2D eigenvalue weighted by molar-refractivity contribution is -0.120. The van der Waals surface area contributed by atoms with Gasteiger partial charge in [-0.15, -0.1) is 0 Å². The van der Waals surface area contributed by atoms with Gasteiger partial charge >= 0.3 is 5.97 Å². The zero-order valence-electron chi connectivity index (χ0n) is 15.9. The fourth-order valence-electron chi connectivity index (χ4n) is 3.16. The highest BCUT2D eigenvalue weighted by Crippen LogP contribution is 2.22. The smallest absolute Gasteiger partial charge is 0.335 e. The summed E-state index contributed by atoms with van der Waals surface area (Å²) in [7, 11) is 0. The third-order valence-corrected chi connectivity index (χ3v) is 4.69. The van der Waals surface area contributed by atoms with Crippen LogP contribution in [0.5, 0.6) is 5.75 Å². The Morgan fingerprint density at radius 1 is 1.25 bits per heavy atom. The first-order valence-electron chi connectivity index (χ1n) is 9.44. The Morgan fingerprint density at radius 3 is 2.86 bits per heavy atom. The van der Waals surface area contributed by atoms with E-state index in [4.69, 9.17) is 14.6 Å². The van der Waals surface area contributed by atoms with E-state index in [1.807, 2.05) is 25.1 Å². The molecule has 1 atom stereocenters. The summed E-state index contributed by atoms with van der Waals surface area (Å²) in [4.78, 5) is 23.3. The second kappa shape index (κ2) is 9.37. The molecule has 1 heterocycles. The maximum Gasteiger partial charge on any atom is 0.335 e. The standard InChI is InChI=1S/C22H25NO5/c1-15-7-8-18(20(10-15)28-14-19-6-3-9-27-19)13-23-21(24)12-16-4-2-5-17(11-16)22(25)26/h2,4-5,7-8,10-11,19H,3,6,9,12-14H2,1H3,(H,23,24)(H,25,26). The highest BCUT2D eigenvalue weighted by atomic mass is 16.5. The lowest BCUT2D eigenvalue weighted by Gasteiger charge is -2.16. The molecule has 2 N–H and O–H groups in total. The minimum Gasteiger partial charge on any atom is -0.491 e. The van der Waals surface area contributed by atoms with Gasteiger partial charge in [-0.05, 0) is 49.1 Å². The summed E-state index contributed by atoms with van der Waals surface area (Å²) in [5.41, 5.74) is 2.82. The molecule has 1 saturated heterocycles. The van der Waals surface area contributed by atoms with Crippen LogP contribution >= 0.6 is 0 Å². The number of carboxylic acids is 1. The molecule has 1 aliphatic heterocycles. The van der Waals surface area contributed by atoms with Crippen LogP contribution in [0.2, 0.25) is 0 Å². The number of aryl methyl sites for hydroxylation is 1. The zero-order chi connectivity index (χ0) is 19.9. The van der Waals surface area contributed by atoms with Crippen LogP contribution < -0.4 is 10.1 Å². The minimum absolute atomic E-state index is 0.124. The fourth-order valence-corrected chi connectivity index (χ4v) is 3.16. The highest BCUT2D eigenvalue weighted by molar-refractivity contribution is 5.88. The molecule has 6 nitrogen and oxygen atoms in total. The van der Waals surface area contributed by atoms with E-state index in [2.05, 4.69) is 5.32 Å². The summed E-state index contributed by atoms with van der Waals surface area (Å²) < 4.78 is 11.6. The van der Waals surface area contributed by atoms with Crippen molar-refractivity contribution in [3.63, 3.8) is 0 Å². The lowest BCUT2D eigenvalue weighted by atomic mass is 10.1. The molecule has 0 spiro atoms. The van der Waals surface area contributed by atoms with Crippen LogP contribution in [-0.2, 0) is 22.5 Å². The van der Waals surface area contributed by atoms with Crippen molar-refractivity contribution in [2.45, 2.75) is 38.8 Å². The molecule has 0 aliphatic carbocycles. The molecule has 2 aromatic carbocycles. The number of hydrogen-bond acceptors (Lipinski definition) is 4. The molecule has 0 aromatic heterocycles. The van der Waals surface area contributed by atoms with E-state index < -0.39 is 5.97 Å². The minimum atomic E-state index is -1.00. The van der Waals surface area contributed by atoms with Gasteiger partial charge in [0.15, 0.2) is 0 Å². The Bertz CT molecular complexity index is 843. The van der Waals surface area contributed by atoms with Gasteiger partial charge in [-0.3, -0.25) is 4.79 Å². The largest absolute Gasteiger partial charge is 0.491 e. The van der Waals surface area contributed by atoms with Crippen molar-refractivity contribution in [1.82, 2.24) is 5.32 Å². The zero-order valence-corrected chi connectivity index (χ0v) is 15.9. The molecular formula is C22H25NO5. The maximum atomic E-state index is 12.3. The normalized spacial score (nSPS) is 16.0. The first kappa shape index (κ1) is 19.9. The molecule has 6 heteroatoms. The molecular weight excluding hydrogens is 358 g/mol. The van der Waals surface area contributed by atoms with Crippen molar-refractivity contribution in [3.8, 4) is 5.75 Å². The van der Waals surface area contributed by atoms with Gasteiger partial charge in [0.2, 0.25) is 5.91 Å². The highest BCUT2D eigenvalue weighted by Gasteiger charge is 2.17. The molecule has 0 bridgehead atoms. The summed E-state index contributed by atoms with van der Waals surface area (Å²) in [5, 5.41) is 11.9. The Morgan fingerprint density at radius 2 is 2.11 bits per heavy atom. The first-order valence-corrected chi connectivity index (χ1v) is 9.44. The third kappa shape index (κ3) is 5.57. The molecule has 2 aromatic rings. The third-order valence-electron chi connectivity index (χ3n) is 4.69. The molecule has 1 unspecified atom stereocenters. The summed E-state index contributed by atoms with van der Waals surface area (Å²) in [6.45, 7) is 3.63. The second-order valence-corrected chi connectivity index (χ2v) is 7.02. The molecule has 28 heavy (non-hydrogen) atoms. The van der Waals surface area contributed by atoms with Crippen LogP contribution in [-0.4, -0.2) is 36.3 Å². The van der Waals surface area contributed by atoms with Crippen molar-refractivity contribution in [2.75, 3.05) is 13.2 Å². The van der Waals surface area contributed by atoms with Gasteiger partial charge in [0, 0.05) is 18.7 Å². The number of carboxylic acid groups (broad SMARTS) is 1. The summed E-state index contributed by atoms with van der Waals surface area (Å²) in [5.74, 6) is -0.424. The Balaban J connectivity index is 1.58. The van der Waals surface area contributed by atoms with Crippen molar-refractivity contribution in [2.24, 2.45) is 0 Å². The number of carbonyl (C=O) groups is 2. The summed E-state index contributed by atoms with van der Waals surface area (Å²) >= 11 is 0. The average molecular weight is 383 g/mol.